The van der Waals surface area contributed by atoms with Crippen LogP contribution in [0.3, 0.4) is 0 Å². The van der Waals surface area contributed by atoms with Crippen molar-refractivity contribution in [2.75, 3.05) is 0 Å². The number of rotatable bonds is 2. The van der Waals surface area contributed by atoms with Crippen LogP contribution in [0.4, 0.5) is 0 Å². The van der Waals surface area contributed by atoms with E-state index in [2.05, 4.69) is 88.4 Å². The van der Waals surface area contributed by atoms with Crippen LogP contribution in [-0.4, -0.2) is 0 Å². The Morgan fingerprint density at radius 3 is 1.88 bits per heavy atom. The lowest BCUT2D eigenvalue weighted by Crippen LogP contribution is -1.92. The SMILES string of the molecule is Cc1cccc(C2=Cc3c(cccc3-c3cccc(C)c3C)C2)c1C. The second kappa shape index (κ2) is 6.04. The molecule has 0 nitrogen and oxygen atoms in total. The van der Waals surface area contributed by atoms with Crippen molar-refractivity contribution >= 4 is 11.6 Å². The Morgan fingerprint density at radius 2 is 1.16 bits per heavy atom. The summed E-state index contributed by atoms with van der Waals surface area (Å²) in [5, 5.41) is 0. The quantitative estimate of drug-likeness (QED) is 0.493. The monoisotopic (exact) mass is 324 g/mol. The van der Waals surface area contributed by atoms with Gasteiger partial charge in [0.1, 0.15) is 0 Å². The maximum absolute atomic E-state index is 2.41. The van der Waals surface area contributed by atoms with E-state index in [1.165, 1.54) is 55.6 Å². The molecule has 0 N–H and O–H groups in total. The normalized spacial score (nSPS) is 12.9. The van der Waals surface area contributed by atoms with Crippen LogP contribution >= 0.6 is 0 Å². The molecular weight excluding hydrogens is 300 g/mol. The molecule has 1 aliphatic carbocycles. The lowest BCUT2D eigenvalue weighted by molar-refractivity contribution is 1.26. The average Bonchev–Trinajstić information content (AvgIpc) is 3.04. The summed E-state index contributed by atoms with van der Waals surface area (Å²) in [4.78, 5) is 0. The fraction of sp³-hybridized carbons (Fsp3) is 0.200. The molecule has 124 valence electrons. The van der Waals surface area contributed by atoms with Gasteiger partial charge in [0.05, 0.1) is 0 Å². The smallest absolute Gasteiger partial charge is 0.00133 e. The van der Waals surface area contributed by atoms with Gasteiger partial charge >= 0.3 is 0 Å². The summed E-state index contributed by atoms with van der Waals surface area (Å²) in [6, 6.07) is 20.0. The van der Waals surface area contributed by atoms with Crippen molar-refractivity contribution in [3.8, 4) is 11.1 Å². The molecule has 1 aliphatic rings. The molecule has 0 aromatic heterocycles. The highest BCUT2D eigenvalue weighted by Crippen LogP contribution is 2.39. The first-order chi connectivity index (χ1) is 12.1. The van der Waals surface area contributed by atoms with Crippen LogP contribution in [0.5, 0.6) is 0 Å². The molecule has 0 heteroatoms. The zero-order valence-electron chi connectivity index (χ0n) is 15.5. The van der Waals surface area contributed by atoms with Gasteiger partial charge in [-0.25, -0.2) is 0 Å². The zero-order valence-corrected chi connectivity index (χ0v) is 15.5. The molecular formula is C25H24. The molecule has 0 fully saturated rings. The fourth-order valence-electron chi connectivity index (χ4n) is 3.92. The van der Waals surface area contributed by atoms with Gasteiger partial charge in [-0.3, -0.25) is 0 Å². The van der Waals surface area contributed by atoms with Crippen LogP contribution in [0.1, 0.15) is 38.9 Å². The third-order valence-electron chi connectivity index (χ3n) is 5.74. The Kier molecular flexibility index (Phi) is 3.84. The molecule has 25 heavy (non-hydrogen) atoms. The molecule has 0 saturated carbocycles. The van der Waals surface area contributed by atoms with Crippen molar-refractivity contribution in [2.45, 2.75) is 34.1 Å². The first-order valence-electron chi connectivity index (χ1n) is 9.02. The van der Waals surface area contributed by atoms with Crippen molar-refractivity contribution < 1.29 is 0 Å². The average molecular weight is 324 g/mol. The summed E-state index contributed by atoms with van der Waals surface area (Å²) in [6.07, 6.45) is 3.44. The van der Waals surface area contributed by atoms with Gasteiger partial charge in [0.2, 0.25) is 0 Å². The van der Waals surface area contributed by atoms with Gasteiger partial charge in [0.15, 0.2) is 0 Å². The van der Waals surface area contributed by atoms with Crippen molar-refractivity contribution in [3.63, 3.8) is 0 Å². The molecule has 4 rings (SSSR count). The van der Waals surface area contributed by atoms with Crippen LogP contribution < -0.4 is 0 Å². The minimum atomic E-state index is 1.03. The van der Waals surface area contributed by atoms with Crippen molar-refractivity contribution in [1.82, 2.24) is 0 Å². The highest BCUT2D eigenvalue weighted by Gasteiger charge is 2.19. The molecule has 3 aromatic rings. The minimum absolute atomic E-state index is 1.03. The molecule has 0 amide bonds. The summed E-state index contributed by atoms with van der Waals surface area (Å²) in [7, 11) is 0. The van der Waals surface area contributed by atoms with Crippen LogP contribution in [0, 0.1) is 27.7 Å². The van der Waals surface area contributed by atoms with Crippen LogP contribution in [0.25, 0.3) is 22.8 Å². The second-order valence-electron chi connectivity index (χ2n) is 7.22. The topological polar surface area (TPSA) is 0 Å². The standard InChI is InChI=1S/C25H24/c1-16-8-5-11-22(18(16)3)21-14-20-10-7-13-24(25(20)15-21)23-12-6-9-17(2)19(23)4/h5-13,15H,14H2,1-4H3. The maximum Gasteiger partial charge on any atom is -0.00133 e. The Balaban J connectivity index is 1.87. The number of aryl methyl sites for hydroxylation is 2. The van der Waals surface area contributed by atoms with E-state index >= 15 is 0 Å². The van der Waals surface area contributed by atoms with E-state index in [9.17, 15) is 0 Å². The first kappa shape index (κ1) is 15.9. The largest absolute Gasteiger partial charge is 0.0614 e. The number of hydrogen-bond acceptors (Lipinski definition) is 0. The summed E-state index contributed by atoms with van der Waals surface area (Å²) < 4.78 is 0. The van der Waals surface area contributed by atoms with E-state index in [0.29, 0.717) is 0 Å². The van der Waals surface area contributed by atoms with E-state index < -0.39 is 0 Å². The molecule has 0 unspecified atom stereocenters. The highest BCUT2D eigenvalue weighted by atomic mass is 14.2. The van der Waals surface area contributed by atoms with Gasteiger partial charge in [-0.1, -0.05) is 54.6 Å². The van der Waals surface area contributed by atoms with Crippen LogP contribution in [0.15, 0.2) is 54.6 Å². The van der Waals surface area contributed by atoms with E-state index in [0.717, 1.165) is 6.42 Å². The summed E-state index contributed by atoms with van der Waals surface area (Å²) in [5.74, 6) is 0. The predicted molar refractivity (Wildman–Crippen MR) is 109 cm³/mol. The molecule has 0 aliphatic heterocycles. The Hall–Kier alpha value is -2.60. The molecule has 0 bridgehead atoms. The Morgan fingerprint density at radius 1 is 0.600 bits per heavy atom. The molecule has 0 spiro atoms. The molecule has 0 heterocycles. The molecule has 0 atom stereocenters. The van der Waals surface area contributed by atoms with Gasteiger partial charge in [-0.2, -0.15) is 0 Å². The zero-order chi connectivity index (χ0) is 17.6. The number of fused-ring (bicyclic) bond motifs is 1. The lowest BCUT2D eigenvalue weighted by Gasteiger charge is -2.12. The van der Waals surface area contributed by atoms with Gasteiger partial charge in [-0.15, -0.1) is 0 Å². The highest BCUT2D eigenvalue weighted by molar-refractivity contribution is 5.95. The van der Waals surface area contributed by atoms with E-state index in [-0.39, 0.29) is 0 Å². The molecule has 3 aromatic carbocycles. The van der Waals surface area contributed by atoms with Crippen molar-refractivity contribution in [1.29, 1.82) is 0 Å². The minimum Gasteiger partial charge on any atom is -0.0614 e. The summed E-state index contributed by atoms with van der Waals surface area (Å²) in [6.45, 7) is 8.86. The summed E-state index contributed by atoms with van der Waals surface area (Å²) in [5.41, 5.74) is 13.9. The van der Waals surface area contributed by atoms with Crippen LogP contribution in [0.2, 0.25) is 0 Å². The third kappa shape index (κ3) is 2.62. The van der Waals surface area contributed by atoms with Crippen LogP contribution in [-0.2, 0) is 6.42 Å². The molecule has 0 radical (unpaired) electrons. The fourth-order valence-corrected chi connectivity index (χ4v) is 3.92. The third-order valence-corrected chi connectivity index (χ3v) is 5.74. The predicted octanol–water partition coefficient (Wildman–Crippen LogP) is 6.68. The van der Waals surface area contributed by atoms with E-state index in [4.69, 9.17) is 0 Å². The van der Waals surface area contributed by atoms with Crippen molar-refractivity contribution in [3.05, 3.63) is 93.5 Å². The number of hydrogen-bond donors (Lipinski definition) is 0. The van der Waals surface area contributed by atoms with Gasteiger partial charge in [0.25, 0.3) is 0 Å². The second-order valence-corrected chi connectivity index (χ2v) is 7.22. The molecule has 0 saturated heterocycles. The van der Waals surface area contributed by atoms with Gasteiger partial charge in [-0.05, 0) is 95.8 Å². The maximum atomic E-state index is 2.41. The number of allylic oxidation sites excluding steroid dienone is 1. The lowest BCUT2D eigenvalue weighted by atomic mass is 9.92. The first-order valence-corrected chi connectivity index (χ1v) is 9.02. The van der Waals surface area contributed by atoms with Crippen molar-refractivity contribution in [2.24, 2.45) is 0 Å². The van der Waals surface area contributed by atoms with E-state index in [1.54, 1.807) is 0 Å². The number of benzene rings is 3. The van der Waals surface area contributed by atoms with E-state index in [1.807, 2.05) is 0 Å². The van der Waals surface area contributed by atoms with Gasteiger partial charge < -0.3 is 0 Å². The summed E-state index contributed by atoms with van der Waals surface area (Å²) >= 11 is 0. The van der Waals surface area contributed by atoms with Gasteiger partial charge in [0, 0.05) is 0 Å². The Bertz CT molecular complexity index is 1000. The Labute approximate surface area is 150 Å².